The van der Waals surface area contributed by atoms with E-state index in [4.69, 9.17) is 13.6 Å². The molecule has 0 saturated carbocycles. The molecule has 0 aromatic heterocycles. The molecule has 0 N–H and O–H groups in total. The highest BCUT2D eigenvalue weighted by atomic mass is 28.3. The standard InChI is InChI=1S/C11H22O4Si/c1-5-9-11(15-10(12)6-2)16(13-7-3)14-8-4/h6,11,16H,2,5,7-9H2,1,3-4H3. The molecule has 0 spiro atoms. The average molecular weight is 246 g/mol. The fraction of sp³-hybridized carbons (Fsp3) is 0.727. The number of rotatable bonds is 9. The lowest BCUT2D eigenvalue weighted by atomic mass is 10.3. The van der Waals surface area contributed by atoms with Gasteiger partial charge in [-0.15, -0.1) is 0 Å². The average Bonchev–Trinajstić information content (AvgIpc) is 2.28. The smallest absolute Gasteiger partial charge is 0.363 e. The van der Waals surface area contributed by atoms with Crippen LogP contribution in [0.3, 0.4) is 0 Å². The van der Waals surface area contributed by atoms with E-state index in [2.05, 4.69) is 6.58 Å². The molecule has 0 heterocycles. The Hall–Kier alpha value is -0.653. The predicted octanol–water partition coefficient (Wildman–Crippen LogP) is 1.72. The molecule has 4 nitrogen and oxygen atoms in total. The van der Waals surface area contributed by atoms with Gasteiger partial charge < -0.3 is 13.6 Å². The molecule has 0 aliphatic carbocycles. The summed E-state index contributed by atoms with van der Waals surface area (Å²) in [6, 6.07) is 0. The van der Waals surface area contributed by atoms with Crippen molar-refractivity contribution in [3.8, 4) is 0 Å². The number of hydrogen-bond donors (Lipinski definition) is 0. The minimum atomic E-state index is -1.93. The monoisotopic (exact) mass is 246 g/mol. The highest BCUT2D eigenvalue weighted by Gasteiger charge is 2.28. The third kappa shape index (κ3) is 6.04. The maximum absolute atomic E-state index is 11.2. The lowest BCUT2D eigenvalue weighted by Crippen LogP contribution is -2.40. The fourth-order valence-corrected chi connectivity index (χ4v) is 3.36. The molecule has 94 valence electrons. The van der Waals surface area contributed by atoms with E-state index in [1.165, 1.54) is 6.08 Å². The van der Waals surface area contributed by atoms with Gasteiger partial charge >= 0.3 is 15.3 Å². The zero-order valence-electron chi connectivity index (χ0n) is 10.4. The van der Waals surface area contributed by atoms with E-state index in [0.717, 1.165) is 12.8 Å². The molecule has 0 fully saturated rings. The molecule has 1 unspecified atom stereocenters. The normalized spacial score (nSPS) is 12.5. The largest absolute Gasteiger partial charge is 0.458 e. The van der Waals surface area contributed by atoms with Gasteiger partial charge in [0, 0.05) is 19.3 Å². The van der Waals surface area contributed by atoms with Crippen molar-refractivity contribution >= 4 is 15.3 Å². The first-order valence-corrected chi connectivity index (χ1v) is 7.36. The molecule has 1 atom stereocenters. The maximum Gasteiger partial charge on any atom is 0.363 e. The van der Waals surface area contributed by atoms with E-state index in [1.54, 1.807) is 0 Å². The molecule has 0 aromatic carbocycles. The van der Waals surface area contributed by atoms with Gasteiger partial charge in [0.1, 0.15) is 5.73 Å². The van der Waals surface area contributed by atoms with E-state index >= 15 is 0 Å². The summed E-state index contributed by atoms with van der Waals surface area (Å²) < 4.78 is 16.4. The molecule has 0 bridgehead atoms. The third-order valence-corrected chi connectivity index (χ3v) is 4.37. The van der Waals surface area contributed by atoms with Crippen LogP contribution in [0, 0.1) is 0 Å². The summed E-state index contributed by atoms with van der Waals surface area (Å²) in [7, 11) is -1.93. The number of carbonyl (C=O) groups excluding carboxylic acids is 1. The van der Waals surface area contributed by atoms with Crippen LogP contribution in [0.15, 0.2) is 12.7 Å². The maximum atomic E-state index is 11.2. The number of esters is 1. The van der Waals surface area contributed by atoms with Crippen LogP contribution in [-0.2, 0) is 18.4 Å². The summed E-state index contributed by atoms with van der Waals surface area (Å²) in [4.78, 5) is 11.2. The molecular weight excluding hydrogens is 224 g/mol. The zero-order valence-corrected chi connectivity index (χ0v) is 11.6. The fourth-order valence-electron chi connectivity index (χ4n) is 1.32. The molecule has 0 radical (unpaired) electrons. The second-order valence-corrected chi connectivity index (χ2v) is 5.39. The molecule has 0 rings (SSSR count). The van der Waals surface area contributed by atoms with Crippen LogP contribution in [0.5, 0.6) is 0 Å². The molecule has 0 saturated heterocycles. The Balaban J connectivity index is 4.41. The third-order valence-electron chi connectivity index (χ3n) is 1.97. The number of carbonyl (C=O) groups is 1. The lowest BCUT2D eigenvalue weighted by Gasteiger charge is -2.23. The summed E-state index contributed by atoms with van der Waals surface area (Å²) in [6.45, 7) is 10.4. The molecule has 0 aliphatic rings. The molecule has 0 aliphatic heterocycles. The van der Waals surface area contributed by atoms with Gasteiger partial charge in [0.15, 0.2) is 0 Å². The van der Waals surface area contributed by atoms with Gasteiger partial charge in [-0.1, -0.05) is 19.9 Å². The van der Waals surface area contributed by atoms with Crippen LogP contribution in [0.2, 0.25) is 0 Å². The van der Waals surface area contributed by atoms with Crippen LogP contribution >= 0.6 is 0 Å². The molecular formula is C11H22O4Si. The topological polar surface area (TPSA) is 44.8 Å². The molecule has 0 aromatic rings. The summed E-state index contributed by atoms with van der Waals surface area (Å²) >= 11 is 0. The first-order chi connectivity index (χ1) is 7.69. The first kappa shape index (κ1) is 15.3. The van der Waals surface area contributed by atoms with Gasteiger partial charge in [-0.05, 0) is 20.3 Å². The number of hydrogen-bond acceptors (Lipinski definition) is 4. The second kappa shape index (κ2) is 9.56. The van der Waals surface area contributed by atoms with Crippen molar-refractivity contribution in [2.24, 2.45) is 0 Å². The Kier molecular flexibility index (Phi) is 9.17. The van der Waals surface area contributed by atoms with E-state index in [0.29, 0.717) is 13.2 Å². The summed E-state index contributed by atoms with van der Waals surface area (Å²) in [6.07, 6.45) is 2.88. The van der Waals surface area contributed by atoms with Crippen molar-refractivity contribution < 1.29 is 18.4 Å². The van der Waals surface area contributed by atoms with Crippen LogP contribution in [0.4, 0.5) is 0 Å². The second-order valence-electron chi connectivity index (χ2n) is 3.25. The summed E-state index contributed by atoms with van der Waals surface area (Å²) in [5.74, 6) is -0.407. The molecule has 16 heavy (non-hydrogen) atoms. The van der Waals surface area contributed by atoms with Gasteiger partial charge in [-0.3, -0.25) is 0 Å². The van der Waals surface area contributed by atoms with Gasteiger partial charge in [0.05, 0.1) is 0 Å². The Morgan fingerprint density at radius 3 is 2.25 bits per heavy atom. The van der Waals surface area contributed by atoms with E-state index < -0.39 is 15.3 Å². The van der Waals surface area contributed by atoms with Gasteiger partial charge in [-0.2, -0.15) is 0 Å². The van der Waals surface area contributed by atoms with Crippen molar-refractivity contribution in [1.82, 2.24) is 0 Å². The van der Waals surface area contributed by atoms with E-state index in [1.807, 2.05) is 20.8 Å². The Bertz CT molecular complexity index is 202. The SMILES string of the molecule is C=CC(=O)OC(CCC)[SiH](OCC)OCC. The Morgan fingerprint density at radius 2 is 1.88 bits per heavy atom. The lowest BCUT2D eigenvalue weighted by molar-refractivity contribution is -0.141. The van der Waals surface area contributed by atoms with E-state index in [-0.39, 0.29) is 5.73 Å². The zero-order chi connectivity index (χ0) is 12.4. The van der Waals surface area contributed by atoms with Crippen LogP contribution in [0.25, 0.3) is 0 Å². The molecule has 5 heteroatoms. The van der Waals surface area contributed by atoms with Gasteiger partial charge in [-0.25, -0.2) is 4.79 Å². The van der Waals surface area contributed by atoms with Crippen LogP contribution in [0.1, 0.15) is 33.6 Å². The summed E-state index contributed by atoms with van der Waals surface area (Å²) in [5, 5.41) is 0. The van der Waals surface area contributed by atoms with Crippen molar-refractivity contribution in [3.63, 3.8) is 0 Å². The highest BCUT2D eigenvalue weighted by molar-refractivity contribution is 6.46. The van der Waals surface area contributed by atoms with Gasteiger partial charge in [0.25, 0.3) is 0 Å². The van der Waals surface area contributed by atoms with Crippen LogP contribution < -0.4 is 0 Å². The molecule has 0 amide bonds. The van der Waals surface area contributed by atoms with Crippen molar-refractivity contribution in [3.05, 3.63) is 12.7 Å². The van der Waals surface area contributed by atoms with Crippen molar-refractivity contribution in [2.45, 2.75) is 39.3 Å². The van der Waals surface area contributed by atoms with E-state index in [9.17, 15) is 4.79 Å². The Morgan fingerprint density at radius 1 is 1.31 bits per heavy atom. The number of ether oxygens (including phenoxy) is 1. The van der Waals surface area contributed by atoms with Crippen LogP contribution in [-0.4, -0.2) is 34.2 Å². The minimum Gasteiger partial charge on any atom is -0.458 e. The Labute approximate surface area is 99.4 Å². The summed E-state index contributed by atoms with van der Waals surface area (Å²) in [5.41, 5.74) is -0.226. The minimum absolute atomic E-state index is 0.226. The quantitative estimate of drug-likeness (QED) is 0.353. The highest BCUT2D eigenvalue weighted by Crippen LogP contribution is 2.10. The van der Waals surface area contributed by atoms with Gasteiger partial charge in [0.2, 0.25) is 0 Å². The van der Waals surface area contributed by atoms with Crippen molar-refractivity contribution in [1.29, 1.82) is 0 Å². The van der Waals surface area contributed by atoms with Crippen molar-refractivity contribution in [2.75, 3.05) is 13.2 Å². The first-order valence-electron chi connectivity index (χ1n) is 5.75. The predicted molar refractivity (Wildman–Crippen MR) is 65.4 cm³/mol.